The second-order valence-corrected chi connectivity index (χ2v) is 4.05. The molecule has 3 N–H and O–H groups in total. The maximum absolute atomic E-state index is 11.2. The normalized spacial score (nSPS) is 19.7. The van der Waals surface area contributed by atoms with Crippen molar-refractivity contribution < 1.29 is 9.53 Å². The van der Waals surface area contributed by atoms with Gasteiger partial charge in [0.1, 0.15) is 0 Å². The van der Waals surface area contributed by atoms with Crippen molar-refractivity contribution in [2.24, 2.45) is 5.73 Å². The molecular weight excluding hydrogens is 204 g/mol. The lowest BCUT2D eigenvalue weighted by Crippen LogP contribution is -2.21. The average Bonchev–Trinajstić information content (AvgIpc) is 2.73. The van der Waals surface area contributed by atoms with Crippen molar-refractivity contribution in [3.8, 4) is 0 Å². The molecule has 1 heterocycles. The Hall–Kier alpha value is -1.55. The third-order valence-corrected chi connectivity index (χ3v) is 2.89. The summed E-state index contributed by atoms with van der Waals surface area (Å²) >= 11 is 0. The van der Waals surface area contributed by atoms with Crippen LogP contribution in [0.1, 0.15) is 22.3 Å². The number of rotatable bonds is 3. The lowest BCUT2D eigenvalue weighted by Gasteiger charge is -2.15. The minimum absolute atomic E-state index is 0.335. The first-order chi connectivity index (χ1) is 7.68. The first kappa shape index (κ1) is 11.0. The van der Waals surface area contributed by atoms with Crippen LogP contribution in [0.4, 0.5) is 5.69 Å². The highest BCUT2D eigenvalue weighted by Crippen LogP contribution is 2.21. The van der Waals surface area contributed by atoms with Crippen LogP contribution in [0.5, 0.6) is 0 Å². The number of amides is 1. The van der Waals surface area contributed by atoms with E-state index in [4.69, 9.17) is 10.5 Å². The number of carbonyl (C=O) groups excluding carboxylic acids is 1. The van der Waals surface area contributed by atoms with Crippen LogP contribution in [0, 0.1) is 6.92 Å². The molecule has 1 aromatic carbocycles. The number of hydrogen-bond acceptors (Lipinski definition) is 3. The standard InChI is InChI=1S/C12H16N2O2/c1-8-10(12(13)15)3-2-4-11(8)14-9-5-6-16-7-9/h2-4,9,14H,5-7H2,1H3,(H2,13,15). The molecule has 0 radical (unpaired) electrons. The summed E-state index contributed by atoms with van der Waals surface area (Å²) in [6.07, 6.45) is 1.00. The molecular formula is C12H16N2O2. The van der Waals surface area contributed by atoms with E-state index in [1.165, 1.54) is 0 Å². The maximum atomic E-state index is 11.2. The highest BCUT2D eigenvalue weighted by Gasteiger charge is 2.17. The van der Waals surface area contributed by atoms with Crippen LogP contribution >= 0.6 is 0 Å². The summed E-state index contributed by atoms with van der Waals surface area (Å²) in [6, 6.07) is 5.88. The summed E-state index contributed by atoms with van der Waals surface area (Å²) < 4.78 is 5.29. The minimum atomic E-state index is -0.385. The van der Waals surface area contributed by atoms with Crippen LogP contribution in [0.3, 0.4) is 0 Å². The van der Waals surface area contributed by atoms with Crippen molar-refractivity contribution in [1.82, 2.24) is 0 Å². The Morgan fingerprint density at radius 1 is 1.56 bits per heavy atom. The Morgan fingerprint density at radius 3 is 3.00 bits per heavy atom. The van der Waals surface area contributed by atoms with E-state index >= 15 is 0 Å². The molecule has 1 unspecified atom stereocenters. The number of nitrogens with two attached hydrogens (primary N) is 1. The number of anilines is 1. The highest BCUT2D eigenvalue weighted by molar-refractivity contribution is 5.95. The van der Waals surface area contributed by atoms with Gasteiger partial charge in [-0.2, -0.15) is 0 Å². The van der Waals surface area contributed by atoms with Crippen LogP contribution in [0.2, 0.25) is 0 Å². The molecule has 2 rings (SSSR count). The van der Waals surface area contributed by atoms with Crippen molar-refractivity contribution in [1.29, 1.82) is 0 Å². The van der Waals surface area contributed by atoms with E-state index in [0.29, 0.717) is 11.6 Å². The molecule has 1 amide bonds. The van der Waals surface area contributed by atoms with Gasteiger partial charge in [0.15, 0.2) is 0 Å². The topological polar surface area (TPSA) is 64.3 Å². The van der Waals surface area contributed by atoms with Gasteiger partial charge in [0.2, 0.25) is 5.91 Å². The zero-order chi connectivity index (χ0) is 11.5. The first-order valence-corrected chi connectivity index (χ1v) is 5.42. The summed E-state index contributed by atoms with van der Waals surface area (Å²) in [5.74, 6) is -0.385. The van der Waals surface area contributed by atoms with Gasteiger partial charge in [0, 0.05) is 17.9 Å². The fourth-order valence-corrected chi connectivity index (χ4v) is 1.93. The molecule has 0 bridgehead atoms. The van der Waals surface area contributed by atoms with E-state index in [0.717, 1.165) is 30.9 Å². The van der Waals surface area contributed by atoms with Gasteiger partial charge in [0.25, 0.3) is 0 Å². The van der Waals surface area contributed by atoms with Crippen LogP contribution < -0.4 is 11.1 Å². The van der Waals surface area contributed by atoms with Crippen molar-refractivity contribution in [3.63, 3.8) is 0 Å². The van der Waals surface area contributed by atoms with Gasteiger partial charge in [-0.1, -0.05) is 6.07 Å². The number of carbonyl (C=O) groups is 1. The maximum Gasteiger partial charge on any atom is 0.249 e. The molecule has 1 saturated heterocycles. The van der Waals surface area contributed by atoms with Gasteiger partial charge in [0.05, 0.1) is 12.6 Å². The summed E-state index contributed by atoms with van der Waals surface area (Å²) in [6.45, 7) is 3.42. The van der Waals surface area contributed by atoms with E-state index in [9.17, 15) is 4.79 Å². The Morgan fingerprint density at radius 2 is 2.38 bits per heavy atom. The fraction of sp³-hybridized carbons (Fsp3) is 0.417. The fourth-order valence-electron chi connectivity index (χ4n) is 1.93. The van der Waals surface area contributed by atoms with E-state index in [2.05, 4.69) is 5.32 Å². The summed E-state index contributed by atoms with van der Waals surface area (Å²) in [5.41, 5.74) is 7.74. The van der Waals surface area contributed by atoms with Crippen molar-refractivity contribution in [2.75, 3.05) is 18.5 Å². The molecule has 1 aromatic rings. The molecule has 1 fully saturated rings. The monoisotopic (exact) mass is 220 g/mol. The minimum Gasteiger partial charge on any atom is -0.380 e. The van der Waals surface area contributed by atoms with Gasteiger partial charge in [-0.3, -0.25) is 4.79 Å². The Bertz CT molecular complexity index is 398. The zero-order valence-electron chi connectivity index (χ0n) is 9.32. The SMILES string of the molecule is Cc1c(NC2CCOC2)cccc1C(N)=O. The lowest BCUT2D eigenvalue weighted by atomic mass is 10.1. The second kappa shape index (κ2) is 4.53. The van der Waals surface area contributed by atoms with E-state index in [1.807, 2.05) is 19.1 Å². The molecule has 4 heteroatoms. The Balaban J connectivity index is 2.20. The smallest absolute Gasteiger partial charge is 0.249 e. The van der Waals surface area contributed by atoms with Crippen LogP contribution in [-0.4, -0.2) is 25.2 Å². The molecule has 0 aromatic heterocycles. The number of primary amides is 1. The molecule has 1 aliphatic rings. The van der Waals surface area contributed by atoms with Gasteiger partial charge < -0.3 is 15.8 Å². The van der Waals surface area contributed by atoms with E-state index in [-0.39, 0.29) is 5.91 Å². The van der Waals surface area contributed by atoms with E-state index < -0.39 is 0 Å². The van der Waals surface area contributed by atoms with Gasteiger partial charge in [-0.05, 0) is 31.0 Å². The van der Waals surface area contributed by atoms with Crippen molar-refractivity contribution >= 4 is 11.6 Å². The molecule has 4 nitrogen and oxygen atoms in total. The highest BCUT2D eigenvalue weighted by atomic mass is 16.5. The van der Waals surface area contributed by atoms with Crippen molar-refractivity contribution in [3.05, 3.63) is 29.3 Å². The van der Waals surface area contributed by atoms with Gasteiger partial charge >= 0.3 is 0 Å². The Labute approximate surface area is 94.8 Å². The molecule has 0 saturated carbocycles. The van der Waals surface area contributed by atoms with Crippen LogP contribution in [-0.2, 0) is 4.74 Å². The third-order valence-electron chi connectivity index (χ3n) is 2.89. The average molecular weight is 220 g/mol. The van der Waals surface area contributed by atoms with Crippen LogP contribution in [0.15, 0.2) is 18.2 Å². The summed E-state index contributed by atoms with van der Waals surface area (Å²) in [7, 11) is 0. The summed E-state index contributed by atoms with van der Waals surface area (Å²) in [4.78, 5) is 11.2. The Kier molecular flexibility index (Phi) is 3.10. The molecule has 0 aliphatic carbocycles. The number of hydrogen-bond donors (Lipinski definition) is 2. The third kappa shape index (κ3) is 2.17. The largest absolute Gasteiger partial charge is 0.380 e. The number of nitrogens with one attached hydrogen (secondary N) is 1. The van der Waals surface area contributed by atoms with Gasteiger partial charge in [-0.25, -0.2) is 0 Å². The summed E-state index contributed by atoms with van der Waals surface area (Å²) in [5, 5.41) is 3.37. The zero-order valence-corrected chi connectivity index (χ0v) is 9.32. The number of benzene rings is 1. The number of ether oxygens (including phenoxy) is 1. The van der Waals surface area contributed by atoms with Crippen LogP contribution in [0.25, 0.3) is 0 Å². The molecule has 1 atom stereocenters. The van der Waals surface area contributed by atoms with Crippen molar-refractivity contribution in [2.45, 2.75) is 19.4 Å². The molecule has 16 heavy (non-hydrogen) atoms. The predicted octanol–water partition coefficient (Wildman–Crippen LogP) is 1.29. The molecule has 86 valence electrons. The second-order valence-electron chi connectivity index (χ2n) is 4.05. The lowest BCUT2D eigenvalue weighted by molar-refractivity contribution is 0.1000. The van der Waals surface area contributed by atoms with Gasteiger partial charge in [-0.15, -0.1) is 0 Å². The quantitative estimate of drug-likeness (QED) is 0.806. The van der Waals surface area contributed by atoms with E-state index in [1.54, 1.807) is 6.07 Å². The first-order valence-electron chi connectivity index (χ1n) is 5.42. The molecule has 0 spiro atoms. The molecule has 1 aliphatic heterocycles. The predicted molar refractivity (Wildman–Crippen MR) is 62.5 cm³/mol.